The molecule has 90 valence electrons. The van der Waals surface area contributed by atoms with Gasteiger partial charge in [0.1, 0.15) is 5.82 Å². The fourth-order valence-corrected chi connectivity index (χ4v) is 2.83. The first-order valence-electron chi connectivity index (χ1n) is 5.25. The molecule has 2 heterocycles. The maximum absolute atomic E-state index is 12.0. The van der Waals surface area contributed by atoms with E-state index in [0.29, 0.717) is 5.56 Å². The minimum Gasteiger partial charge on any atom is -0.347 e. The van der Waals surface area contributed by atoms with Crippen molar-refractivity contribution in [1.82, 2.24) is 15.3 Å². The molecule has 0 bridgehead atoms. The topological polar surface area (TPSA) is 57.8 Å². The first kappa shape index (κ1) is 12.6. The molecule has 2 N–H and O–H groups in total. The highest BCUT2D eigenvalue weighted by Crippen LogP contribution is 2.18. The zero-order valence-electron chi connectivity index (χ0n) is 9.24. The van der Waals surface area contributed by atoms with Crippen LogP contribution in [0.15, 0.2) is 23.8 Å². The lowest BCUT2D eigenvalue weighted by Gasteiger charge is -2.13. The summed E-state index contributed by atoms with van der Waals surface area (Å²) in [5, 5.41) is 4.84. The standard InChI is InChI=1S/C11H12IN3OS/c1-2-8(10-13-3-4-14-10)15-11(16)7-5-9(12)17-6-7/h3-6,8H,2H2,1H3,(H,13,14)(H,15,16). The molecule has 2 rings (SSSR count). The lowest BCUT2D eigenvalue weighted by atomic mass is 10.2. The van der Waals surface area contributed by atoms with Crippen LogP contribution in [0.5, 0.6) is 0 Å². The van der Waals surface area contributed by atoms with E-state index in [9.17, 15) is 4.79 Å². The van der Waals surface area contributed by atoms with Gasteiger partial charge in [-0.2, -0.15) is 0 Å². The number of carbonyl (C=O) groups is 1. The normalized spacial score (nSPS) is 12.4. The summed E-state index contributed by atoms with van der Waals surface area (Å²) in [6.45, 7) is 2.02. The molecule has 1 amide bonds. The molecule has 0 aliphatic carbocycles. The Labute approximate surface area is 117 Å². The minimum atomic E-state index is -0.0601. The van der Waals surface area contributed by atoms with Crippen molar-refractivity contribution < 1.29 is 4.79 Å². The monoisotopic (exact) mass is 361 g/mol. The van der Waals surface area contributed by atoms with E-state index >= 15 is 0 Å². The molecule has 0 aliphatic rings. The van der Waals surface area contributed by atoms with Crippen molar-refractivity contribution in [3.63, 3.8) is 0 Å². The van der Waals surface area contributed by atoms with E-state index in [1.54, 1.807) is 23.7 Å². The maximum Gasteiger partial charge on any atom is 0.252 e. The van der Waals surface area contributed by atoms with Gasteiger partial charge in [0.25, 0.3) is 5.91 Å². The highest BCUT2D eigenvalue weighted by Gasteiger charge is 2.16. The highest BCUT2D eigenvalue weighted by atomic mass is 127. The summed E-state index contributed by atoms with van der Waals surface area (Å²) < 4.78 is 1.11. The molecule has 2 aromatic heterocycles. The molecule has 6 heteroatoms. The zero-order valence-corrected chi connectivity index (χ0v) is 12.2. The Morgan fingerprint density at radius 3 is 3.06 bits per heavy atom. The summed E-state index contributed by atoms with van der Waals surface area (Å²) in [4.78, 5) is 19.2. The van der Waals surface area contributed by atoms with Crippen LogP contribution in [0, 0.1) is 2.88 Å². The van der Waals surface area contributed by atoms with Crippen LogP contribution < -0.4 is 5.32 Å². The number of carbonyl (C=O) groups excluding carboxylic acids is 1. The maximum atomic E-state index is 12.0. The van der Waals surface area contributed by atoms with E-state index < -0.39 is 0 Å². The second-order valence-electron chi connectivity index (χ2n) is 3.55. The van der Waals surface area contributed by atoms with Crippen LogP contribution in [0.3, 0.4) is 0 Å². The summed E-state index contributed by atoms with van der Waals surface area (Å²) in [5.74, 6) is 0.748. The number of hydrogen-bond acceptors (Lipinski definition) is 3. The number of rotatable bonds is 4. The van der Waals surface area contributed by atoms with Crippen molar-refractivity contribution in [3.8, 4) is 0 Å². The second kappa shape index (κ2) is 5.63. The van der Waals surface area contributed by atoms with Gasteiger partial charge in [-0.1, -0.05) is 6.92 Å². The second-order valence-corrected chi connectivity index (χ2v) is 6.35. The average molecular weight is 361 g/mol. The van der Waals surface area contributed by atoms with E-state index in [1.807, 2.05) is 18.4 Å². The van der Waals surface area contributed by atoms with Crippen molar-refractivity contribution in [2.75, 3.05) is 0 Å². The van der Waals surface area contributed by atoms with E-state index in [2.05, 4.69) is 37.9 Å². The molecular formula is C11H12IN3OS. The van der Waals surface area contributed by atoms with Crippen LogP contribution in [-0.2, 0) is 0 Å². The first-order chi connectivity index (χ1) is 8.20. The molecule has 0 saturated heterocycles. The largest absolute Gasteiger partial charge is 0.347 e. The lowest BCUT2D eigenvalue weighted by Crippen LogP contribution is -2.28. The number of amides is 1. The smallest absolute Gasteiger partial charge is 0.252 e. The summed E-state index contributed by atoms with van der Waals surface area (Å²) in [6, 6.07) is 1.82. The Hall–Kier alpha value is -0.890. The van der Waals surface area contributed by atoms with Gasteiger partial charge < -0.3 is 10.3 Å². The van der Waals surface area contributed by atoms with Crippen LogP contribution in [-0.4, -0.2) is 15.9 Å². The van der Waals surface area contributed by atoms with Crippen LogP contribution in [0.4, 0.5) is 0 Å². The molecule has 0 aliphatic heterocycles. The van der Waals surface area contributed by atoms with Crippen LogP contribution >= 0.6 is 33.9 Å². The van der Waals surface area contributed by atoms with Gasteiger partial charge in [0.15, 0.2) is 0 Å². The fraction of sp³-hybridized carbons (Fsp3) is 0.273. The Balaban J connectivity index is 2.07. The van der Waals surface area contributed by atoms with Crippen molar-refractivity contribution in [3.05, 3.63) is 38.1 Å². The van der Waals surface area contributed by atoms with Gasteiger partial charge in [0.05, 0.1) is 14.5 Å². The first-order valence-corrected chi connectivity index (χ1v) is 7.20. The van der Waals surface area contributed by atoms with Crippen LogP contribution in [0.2, 0.25) is 0 Å². The molecule has 0 aromatic carbocycles. The quantitative estimate of drug-likeness (QED) is 0.823. The summed E-state index contributed by atoms with van der Waals surface area (Å²) in [5.41, 5.74) is 0.712. The van der Waals surface area contributed by atoms with Crippen molar-refractivity contribution in [2.45, 2.75) is 19.4 Å². The number of halogens is 1. The van der Waals surface area contributed by atoms with Crippen molar-refractivity contribution >= 4 is 39.8 Å². The lowest BCUT2D eigenvalue weighted by molar-refractivity contribution is 0.0934. The number of H-pyrrole nitrogens is 1. The number of imidazole rings is 1. The Morgan fingerprint density at radius 1 is 1.71 bits per heavy atom. The summed E-state index contributed by atoms with van der Waals surface area (Å²) in [6.07, 6.45) is 4.26. The zero-order chi connectivity index (χ0) is 12.3. The third-order valence-electron chi connectivity index (χ3n) is 2.39. The molecule has 0 saturated carbocycles. The van der Waals surface area contributed by atoms with E-state index in [4.69, 9.17) is 0 Å². The number of nitrogens with zero attached hydrogens (tertiary/aromatic N) is 1. The molecule has 1 unspecified atom stereocenters. The summed E-state index contributed by atoms with van der Waals surface area (Å²) >= 11 is 3.77. The van der Waals surface area contributed by atoms with Crippen LogP contribution in [0.1, 0.15) is 35.6 Å². The Morgan fingerprint density at radius 2 is 2.53 bits per heavy atom. The van der Waals surface area contributed by atoms with Gasteiger partial charge >= 0.3 is 0 Å². The molecule has 4 nitrogen and oxygen atoms in total. The number of thiophene rings is 1. The molecule has 2 aromatic rings. The van der Waals surface area contributed by atoms with Crippen molar-refractivity contribution in [1.29, 1.82) is 0 Å². The van der Waals surface area contributed by atoms with Gasteiger partial charge in [-0.05, 0) is 35.1 Å². The van der Waals surface area contributed by atoms with Crippen molar-refractivity contribution in [2.24, 2.45) is 0 Å². The van der Waals surface area contributed by atoms with Gasteiger partial charge in [0.2, 0.25) is 0 Å². The van der Waals surface area contributed by atoms with Gasteiger partial charge in [0, 0.05) is 17.8 Å². The molecule has 17 heavy (non-hydrogen) atoms. The molecule has 0 radical (unpaired) electrons. The average Bonchev–Trinajstić information content (AvgIpc) is 2.96. The third-order valence-corrected chi connectivity index (χ3v) is 4.18. The minimum absolute atomic E-state index is 0.0487. The molecular weight excluding hydrogens is 349 g/mol. The van der Waals surface area contributed by atoms with Gasteiger partial charge in [-0.15, -0.1) is 11.3 Å². The van der Waals surface area contributed by atoms with Gasteiger partial charge in [-0.25, -0.2) is 4.98 Å². The molecule has 0 fully saturated rings. The van der Waals surface area contributed by atoms with E-state index in [-0.39, 0.29) is 11.9 Å². The number of aromatic nitrogens is 2. The molecule has 0 spiro atoms. The number of nitrogens with one attached hydrogen (secondary N) is 2. The Kier molecular flexibility index (Phi) is 4.16. The van der Waals surface area contributed by atoms with Crippen LogP contribution in [0.25, 0.3) is 0 Å². The summed E-state index contributed by atoms with van der Waals surface area (Å²) in [7, 11) is 0. The fourth-order valence-electron chi connectivity index (χ4n) is 1.50. The van der Waals surface area contributed by atoms with E-state index in [0.717, 1.165) is 15.1 Å². The molecule has 1 atom stereocenters. The predicted octanol–water partition coefficient (Wildman–Crippen LogP) is 2.96. The highest BCUT2D eigenvalue weighted by molar-refractivity contribution is 14.1. The van der Waals surface area contributed by atoms with Gasteiger partial charge in [-0.3, -0.25) is 4.79 Å². The third kappa shape index (κ3) is 3.06. The SMILES string of the molecule is CCC(NC(=O)c1csc(I)c1)c1ncc[nH]1. The number of aromatic amines is 1. The Bertz CT molecular complexity index is 495. The van der Waals surface area contributed by atoms with E-state index in [1.165, 1.54) is 0 Å². The predicted molar refractivity (Wildman–Crippen MR) is 76.1 cm³/mol. The number of hydrogen-bond donors (Lipinski definition) is 2.